The van der Waals surface area contributed by atoms with Gasteiger partial charge in [-0.05, 0) is 95.3 Å². The van der Waals surface area contributed by atoms with Gasteiger partial charge in [0, 0.05) is 75.6 Å². The normalized spacial score (nSPS) is 16.7. The van der Waals surface area contributed by atoms with Crippen LogP contribution in [0.5, 0.6) is 34.5 Å². The Bertz CT molecular complexity index is 2160. The highest BCUT2D eigenvalue weighted by Crippen LogP contribution is 2.51. The van der Waals surface area contributed by atoms with Gasteiger partial charge in [-0.15, -0.1) is 0 Å². The molecule has 0 bridgehead atoms. The third kappa shape index (κ3) is 10.1. The van der Waals surface area contributed by atoms with Gasteiger partial charge in [0.15, 0.2) is 11.6 Å². The van der Waals surface area contributed by atoms with E-state index in [4.69, 9.17) is 28.4 Å². The van der Waals surface area contributed by atoms with Crippen molar-refractivity contribution >= 4 is 11.6 Å². The van der Waals surface area contributed by atoms with Crippen molar-refractivity contribution in [2.24, 2.45) is 5.92 Å². The van der Waals surface area contributed by atoms with Gasteiger partial charge in [-0.25, -0.2) is 0 Å². The first-order valence-electron chi connectivity index (χ1n) is 23.4. The molecule has 2 aliphatic heterocycles. The number of piperidine rings is 1. The Labute approximate surface area is 368 Å². The van der Waals surface area contributed by atoms with E-state index >= 15 is 0 Å². The van der Waals surface area contributed by atoms with Crippen molar-refractivity contribution in [3.05, 3.63) is 82.9 Å². The molecule has 10 nitrogen and oxygen atoms in total. The average Bonchev–Trinajstić information content (AvgIpc) is 4.02. The molecule has 4 aromatic rings. The van der Waals surface area contributed by atoms with E-state index in [1.807, 2.05) is 60.7 Å². The van der Waals surface area contributed by atoms with Crippen molar-refractivity contribution in [2.45, 2.75) is 98.5 Å². The summed E-state index contributed by atoms with van der Waals surface area (Å²) in [6, 6.07) is 19.1. The Morgan fingerprint density at radius 1 is 0.581 bits per heavy atom. The van der Waals surface area contributed by atoms with Crippen LogP contribution in [0.1, 0.15) is 124 Å². The lowest BCUT2D eigenvalue weighted by molar-refractivity contribution is 0.103. The number of hydrogen-bond acceptors (Lipinski definition) is 10. The van der Waals surface area contributed by atoms with E-state index in [1.165, 1.54) is 19.3 Å². The Hall–Kier alpha value is -5.06. The standard InChI is InChI=1S/2C26H33NO4/c1-4-12-29-18-14-20-25(23(15-18)30-13-5-2)24-19(26(20)28)8-7-9-22(24)31-21(6-3)17-10-11-27-16-17;1-3-14-29-19-17-21-25(23(18-19)30-15-4-2)24-20(26(21)28)9-8-10-22(24)31-16-13-27-11-6-5-7-12-27/h7-9,14-15,17,21,27H,4-6,10-13,16H2,1-3H3;8-10,17-18H,3-7,11-16H2,1-2H3. The van der Waals surface area contributed by atoms with Crippen LogP contribution in [-0.4, -0.2) is 88.3 Å². The second kappa shape index (κ2) is 21.8. The molecule has 1 N–H and O–H groups in total. The second-order valence-corrected chi connectivity index (χ2v) is 16.7. The van der Waals surface area contributed by atoms with Crippen molar-refractivity contribution in [1.82, 2.24) is 10.2 Å². The van der Waals surface area contributed by atoms with Crippen molar-refractivity contribution in [3.63, 3.8) is 0 Å². The highest BCUT2D eigenvalue weighted by atomic mass is 16.5. The van der Waals surface area contributed by atoms with Crippen LogP contribution < -0.4 is 33.7 Å². The van der Waals surface area contributed by atoms with Crippen LogP contribution in [0.2, 0.25) is 0 Å². The third-order valence-corrected chi connectivity index (χ3v) is 12.0. The van der Waals surface area contributed by atoms with Crippen LogP contribution in [-0.2, 0) is 0 Å². The third-order valence-electron chi connectivity index (χ3n) is 12.0. The summed E-state index contributed by atoms with van der Waals surface area (Å²) >= 11 is 0. The largest absolute Gasteiger partial charge is 0.493 e. The first-order chi connectivity index (χ1) is 30.4. The molecule has 10 heteroatoms. The first kappa shape index (κ1) is 45.0. The zero-order valence-corrected chi connectivity index (χ0v) is 37.6. The molecule has 2 aliphatic carbocycles. The van der Waals surface area contributed by atoms with Crippen LogP contribution in [0.25, 0.3) is 22.3 Å². The van der Waals surface area contributed by atoms with Crippen LogP contribution >= 0.6 is 0 Å². The van der Waals surface area contributed by atoms with Crippen molar-refractivity contribution in [1.29, 1.82) is 0 Å². The van der Waals surface area contributed by atoms with Gasteiger partial charge in [0.05, 0.1) is 26.4 Å². The number of fused-ring (bicyclic) bond motifs is 6. The van der Waals surface area contributed by atoms with Crippen LogP contribution in [0, 0.1) is 5.92 Å². The lowest BCUT2D eigenvalue weighted by atomic mass is 9.98. The number of carbonyl (C=O) groups is 2. The molecule has 0 amide bonds. The molecule has 332 valence electrons. The summed E-state index contributed by atoms with van der Waals surface area (Å²) in [4.78, 5) is 29.0. The summed E-state index contributed by atoms with van der Waals surface area (Å²) in [6.07, 6.45) is 9.62. The van der Waals surface area contributed by atoms with Gasteiger partial charge >= 0.3 is 0 Å². The number of nitrogens with one attached hydrogen (secondary N) is 1. The summed E-state index contributed by atoms with van der Waals surface area (Å²) in [5, 5.41) is 3.44. The Morgan fingerprint density at radius 3 is 1.60 bits per heavy atom. The maximum atomic E-state index is 13.3. The molecule has 2 saturated heterocycles. The number of ketones is 2. The van der Waals surface area contributed by atoms with E-state index in [0.29, 0.717) is 84.2 Å². The van der Waals surface area contributed by atoms with Gasteiger partial charge in [-0.2, -0.15) is 0 Å². The molecular formula is C52H66N2O8. The number of carbonyl (C=O) groups excluding carboxylic acids is 2. The Morgan fingerprint density at radius 2 is 1.08 bits per heavy atom. The van der Waals surface area contributed by atoms with E-state index in [2.05, 4.69) is 44.8 Å². The van der Waals surface area contributed by atoms with Gasteiger partial charge in [0.2, 0.25) is 0 Å². The smallest absolute Gasteiger partial charge is 0.194 e. The van der Waals surface area contributed by atoms with Gasteiger partial charge in [0.1, 0.15) is 47.2 Å². The molecule has 2 fully saturated rings. The van der Waals surface area contributed by atoms with Crippen LogP contribution in [0.3, 0.4) is 0 Å². The van der Waals surface area contributed by atoms with E-state index in [0.717, 1.165) is 105 Å². The summed E-state index contributed by atoms with van der Waals surface area (Å²) in [5.41, 5.74) is 6.04. The van der Waals surface area contributed by atoms with Gasteiger partial charge < -0.3 is 33.7 Å². The molecule has 0 saturated carbocycles. The molecule has 8 rings (SSSR count). The zero-order chi connectivity index (χ0) is 43.4. The molecule has 0 aromatic heterocycles. The maximum Gasteiger partial charge on any atom is 0.194 e. The first-order valence-corrected chi connectivity index (χ1v) is 23.4. The zero-order valence-electron chi connectivity index (χ0n) is 37.6. The number of hydrogen-bond donors (Lipinski definition) is 1. The maximum absolute atomic E-state index is 13.3. The number of ether oxygens (including phenoxy) is 6. The summed E-state index contributed by atoms with van der Waals surface area (Å²) in [7, 11) is 0. The predicted octanol–water partition coefficient (Wildman–Crippen LogP) is 10.6. The fraction of sp³-hybridized carbons (Fsp3) is 0.500. The minimum absolute atomic E-state index is 0.00864. The number of nitrogens with zero attached hydrogens (tertiary/aromatic N) is 1. The molecule has 2 atom stereocenters. The fourth-order valence-electron chi connectivity index (χ4n) is 8.92. The Kier molecular flexibility index (Phi) is 15.8. The summed E-state index contributed by atoms with van der Waals surface area (Å²) in [6.45, 7) is 18.7. The monoisotopic (exact) mass is 846 g/mol. The highest BCUT2D eigenvalue weighted by Gasteiger charge is 2.36. The molecule has 62 heavy (non-hydrogen) atoms. The molecule has 0 radical (unpaired) electrons. The van der Waals surface area contributed by atoms with Gasteiger partial charge in [-0.3, -0.25) is 14.5 Å². The lowest BCUT2D eigenvalue weighted by Gasteiger charge is -2.26. The van der Waals surface area contributed by atoms with Crippen LogP contribution in [0.15, 0.2) is 60.7 Å². The summed E-state index contributed by atoms with van der Waals surface area (Å²) in [5.74, 6) is 4.78. The van der Waals surface area contributed by atoms with E-state index in [-0.39, 0.29) is 17.7 Å². The fourth-order valence-corrected chi connectivity index (χ4v) is 8.92. The second-order valence-electron chi connectivity index (χ2n) is 16.7. The van der Waals surface area contributed by atoms with E-state index in [9.17, 15) is 9.59 Å². The molecule has 4 aromatic carbocycles. The topological polar surface area (TPSA) is 105 Å². The average molecular weight is 847 g/mol. The predicted molar refractivity (Wildman–Crippen MR) is 245 cm³/mol. The summed E-state index contributed by atoms with van der Waals surface area (Å²) < 4.78 is 36.7. The van der Waals surface area contributed by atoms with Crippen LogP contribution in [0.4, 0.5) is 0 Å². The molecule has 4 aliphatic rings. The lowest BCUT2D eigenvalue weighted by Crippen LogP contribution is -2.33. The molecule has 0 spiro atoms. The van der Waals surface area contributed by atoms with Crippen molar-refractivity contribution in [2.75, 3.05) is 65.8 Å². The van der Waals surface area contributed by atoms with Crippen molar-refractivity contribution < 1.29 is 38.0 Å². The van der Waals surface area contributed by atoms with Gasteiger partial charge in [0.25, 0.3) is 0 Å². The highest BCUT2D eigenvalue weighted by molar-refractivity contribution is 6.24. The number of rotatable bonds is 20. The quantitative estimate of drug-likeness (QED) is 0.0798. The van der Waals surface area contributed by atoms with Gasteiger partial charge in [-0.1, -0.05) is 65.3 Å². The molecule has 2 unspecified atom stereocenters. The minimum Gasteiger partial charge on any atom is -0.493 e. The SMILES string of the molecule is CCCOc1cc(OCCC)c2c(c1)C(=O)c1cccc(OC(CC)C3CCNC3)c1-2.CCCOc1cc(OCCC)c2c(c1)C(=O)c1cccc(OCCN3CCCCC3)c1-2. The molecule has 2 heterocycles. The van der Waals surface area contributed by atoms with E-state index in [1.54, 1.807) is 0 Å². The van der Waals surface area contributed by atoms with Crippen molar-refractivity contribution in [3.8, 4) is 56.8 Å². The number of benzene rings is 4. The number of likely N-dealkylation sites (tertiary alicyclic amines) is 1. The minimum atomic E-state index is 0.00864. The van der Waals surface area contributed by atoms with E-state index < -0.39 is 0 Å². The molecular weight excluding hydrogens is 781 g/mol. The Balaban J connectivity index is 0.000000186.